The molecule has 0 radical (unpaired) electrons. The number of aliphatic carboxylic acids is 1. The van der Waals surface area contributed by atoms with Gasteiger partial charge in [0.2, 0.25) is 5.91 Å². The van der Waals surface area contributed by atoms with Crippen molar-refractivity contribution in [1.29, 1.82) is 0 Å². The highest BCUT2D eigenvalue weighted by Crippen LogP contribution is 2.27. The molecule has 1 aromatic carbocycles. The molecule has 1 fully saturated rings. The van der Waals surface area contributed by atoms with Crippen LogP contribution in [0.15, 0.2) is 18.2 Å². The second-order valence-electron chi connectivity index (χ2n) is 5.03. The highest BCUT2D eigenvalue weighted by Gasteiger charge is 2.28. The summed E-state index contributed by atoms with van der Waals surface area (Å²) >= 11 is 5.69. The predicted molar refractivity (Wildman–Crippen MR) is 86.2 cm³/mol. The molecule has 1 unspecified atom stereocenters. The third-order valence-corrected chi connectivity index (χ3v) is 3.74. The average Bonchev–Trinajstić information content (AvgIpc) is 2.89. The van der Waals surface area contributed by atoms with Gasteiger partial charge in [0.1, 0.15) is 5.02 Å². The van der Waals surface area contributed by atoms with E-state index in [4.69, 9.17) is 16.7 Å². The summed E-state index contributed by atoms with van der Waals surface area (Å²) in [4.78, 5) is 34.7. The summed E-state index contributed by atoms with van der Waals surface area (Å²) in [6.07, 6.45) is 0.509. The lowest BCUT2D eigenvalue weighted by molar-refractivity contribution is -0.384. The molecule has 8 nitrogen and oxygen atoms in total. The minimum Gasteiger partial charge on any atom is -0.481 e. The first kappa shape index (κ1) is 19.1. The quantitative estimate of drug-likeness (QED) is 0.611. The number of amides is 1. The number of carboxylic acid groups (broad SMARTS) is 1. The molecule has 0 bridgehead atoms. The van der Waals surface area contributed by atoms with Gasteiger partial charge in [0.25, 0.3) is 5.69 Å². The number of halogens is 2. The molecular weight excluding hydrogens is 349 g/mol. The molecule has 0 aliphatic carbocycles. The van der Waals surface area contributed by atoms with Crippen LogP contribution in [0, 0.1) is 16.0 Å². The van der Waals surface area contributed by atoms with Gasteiger partial charge in [-0.15, -0.1) is 12.4 Å². The fourth-order valence-electron chi connectivity index (χ4n) is 2.31. The number of benzene rings is 1. The van der Waals surface area contributed by atoms with Gasteiger partial charge >= 0.3 is 5.97 Å². The van der Waals surface area contributed by atoms with Gasteiger partial charge in [-0.25, -0.2) is 0 Å². The van der Waals surface area contributed by atoms with Crippen LogP contribution in [0.25, 0.3) is 0 Å². The lowest BCUT2D eigenvalue weighted by Gasteiger charge is -2.14. The van der Waals surface area contributed by atoms with Crippen LogP contribution in [-0.4, -0.2) is 46.4 Å². The standard InChI is InChI=1S/C13H14ClN3O5.ClH/c14-10-2-1-9(5-11(10)17(21)22)15-12(18)7-16-4-3-8(6-16)13(19)20;/h1-2,5,8H,3-4,6-7H2,(H,15,18)(H,19,20);1H. The number of likely N-dealkylation sites (tertiary alicyclic amines) is 1. The Morgan fingerprint density at radius 2 is 2.17 bits per heavy atom. The van der Waals surface area contributed by atoms with Crippen LogP contribution in [0.5, 0.6) is 0 Å². The summed E-state index contributed by atoms with van der Waals surface area (Å²) < 4.78 is 0. The van der Waals surface area contributed by atoms with E-state index in [0.29, 0.717) is 19.5 Å². The van der Waals surface area contributed by atoms with Gasteiger partial charge in [0, 0.05) is 18.3 Å². The van der Waals surface area contributed by atoms with Crippen molar-refractivity contribution in [3.8, 4) is 0 Å². The summed E-state index contributed by atoms with van der Waals surface area (Å²) in [5.41, 5.74) is -0.0124. The molecule has 1 atom stereocenters. The number of hydrogen-bond donors (Lipinski definition) is 2. The maximum atomic E-state index is 11.9. The molecule has 126 valence electrons. The lowest BCUT2D eigenvalue weighted by Crippen LogP contribution is -2.32. The van der Waals surface area contributed by atoms with Crippen molar-refractivity contribution in [3.63, 3.8) is 0 Å². The van der Waals surface area contributed by atoms with Crippen LogP contribution in [0.3, 0.4) is 0 Å². The molecule has 23 heavy (non-hydrogen) atoms. The molecule has 1 aliphatic rings. The van der Waals surface area contributed by atoms with E-state index >= 15 is 0 Å². The lowest BCUT2D eigenvalue weighted by atomic mass is 10.1. The Kier molecular flexibility index (Phi) is 6.74. The van der Waals surface area contributed by atoms with Crippen LogP contribution in [-0.2, 0) is 9.59 Å². The Morgan fingerprint density at radius 1 is 1.48 bits per heavy atom. The van der Waals surface area contributed by atoms with Crippen molar-refractivity contribution in [2.45, 2.75) is 6.42 Å². The summed E-state index contributed by atoms with van der Waals surface area (Å²) in [6, 6.07) is 3.99. The smallest absolute Gasteiger partial charge is 0.307 e. The number of nitrogens with one attached hydrogen (secondary N) is 1. The molecule has 0 aromatic heterocycles. The van der Waals surface area contributed by atoms with Crippen molar-refractivity contribution in [2.24, 2.45) is 5.92 Å². The predicted octanol–water partition coefficient (Wildman–Crippen LogP) is 2.01. The average molecular weight is 364 g/mol. The summed E-state index contributed by atoms with van der Waals surface area (Å²) in [5, 5.41) is 22.2. The highest BCUT2D eigenvalue weighted by molar-refractivity contribution is 6.32. The zero-order valence-electron chi connectivity index (χ0n) is 11.9. The fraction of sp³-hybridized carbons (Fsp3) is 0.385. The van der Waals surface area contributed by atoms with Crippen LogP contribution in [0.4, 0.5) is 11.4 Å². The molecule has 1 heterocycles. The van der Waals surface area contributed by atoms with E-state index in [1.165, 1.54) is 18.2 Å². The van der Waals surface area contributed by atoms with Gasteiger partial charge in [0.15, 0.2) is 0 Å². The van der Waals surface area contributed by atoms with Gasteiger partial charge < -0.3 is 10.4 Å². The van der Waals surface area contributed by atoms with Gasteiger partial charge in [-0.1, -0.05) is 11.6 Å². The van der Waals surface area contributed by atoms with Crippen molar-refractivity contribution in [2.75, 3.05) is 25.0 Å². The van der Waals surface area contributed by atoms with E-state index in [1.54, 1.807) is 4.90 Å². The maximum Gasteiger partial charge on any atom is 0.307 e. The van der Waals surface area contributed by atoms with Gasteiger partial charge in [-0.2, -0.15) is 0 Å². The van der Waals surface area contributed by atoms with Crippen LogP contribution in [0.1, 0.15) is 6.42 Å². The topological polar surface area (TPSA) is 113 Å². The number of rotatable bonds is 5. The molecule has 10 heteroatoms. The number of carboxylic acids is 1. The number of nitro groups is 1. The van der Waals surface area contributed by atoms with Crippen LogP contribution in [0.2, 0.25) is 5.02 Å². The first-order valence-corrected chi connectivity index (χ1v) is 6.93. The normalized spacial score (nSPS) is 17.3. The Balaban J connectivity index is 0.00000264. The van der Waals surface area contributed by atoms with E-state index in [0.717, 1.165) is 0 Å². The Labute approximate surface area is 143 Å². The Morgan fingerprint density at radius 3 is 2.74 bits per heavy atom. The molecule has 1 saturated heterocycles. The van der Waals surface area contributed by atoms with Crippen molar-refractivity contribution < 1.29 is 19.6 Å². The molecule has 1 aliphatic heterocycles. The zero-order valence-corrected chi connectivity index (χ0v) is 13.5. The SMILES string of the molecule is Cl.O=C(CN1CCC(C(=O)O)C1)Nc1ccc(Cl)c([N+](=O)[O-])c1. The van der Waals surface area contributed by atoms with E-state index in [2.05, 4.69) is 5.32 Å². The molecule has 1 aromatic rings. The van der Waals surface area contributed by atoms with E-state index in [1.807, 2.05) is 0 Å². The van der Waals surface area contributed by atoms with E-state index in [-0.39, 0.29) is 41.3 Å². The van der Waals surface area contributed by atoms with Gasteiger partial charge in [-0.05, 0) is 25.1 Å². The van der Waals surface area contributed by atoms with E-state index < -0.39 is 16.8 Å². The number of nitro benzene ring substituents is 1. The molecule has 0 spiro atoms. The third kappa shape index (κ3) is 5.05. The number of hydrogen-bond acceptors (Lipinski definition) is 5. The van der Waals surface area contributed by atoms with Gasteiger partial charge in [-0.3, -0.25) is 24.6 Å². The highest BCUT2D eigenvalue weighted by atomic mass is 35.5. The largest absolute Gasteiger partial charge is 0.481 e. The third-order valence-electron chi connectivity index (χ3n) is 3.42. The molecular formula is C13H15Cl2N3O5. The Hall–Kier alpha value is -1.90. The number of carbonyl (C=O) groups is 2. The van der Waals surface area contributed by atoms with Crippen LogP contribution < -0.4 is 5.32 Å². The summed E-state index contributed by atoms with van der Waals surface area (Å²) in [5.74, 6) is -1.68. The van der Waals surface area contributed by atoms with Crippen molar-refractivity contribution >= 4 is 47.3 Å². The van der Waals surface area contributed by atoms with Crippen molar-refractivity contribution in [3.05, 3.63) is 33.3 Å². The second-order valence-corrected chi connectivity index (χ2v) is 5.44. The molecule has 2 N–H and O–H groups in total. The van der Waals surface area contributed by atoms with E-state index in [9.17, 15) is 19.7 Å². The fourth-order valence-corrected chi connectivity index (χ4v) is 2.50. The molecule has 0 saturated carbocycles. The molecule has 1 amide bonds. The number of carbonyl (C=O) groups excluding carboxylic acids is 1. The van der Waals surface area contributed by atoms with Crippen molar-refractivity contribution in [1.82, 2.24) is 4.90 Å². The summed E-state index contributed by atoms with van der Waals surface area (Å²) in [7, 11) is 0. The summed E-state index contributed by atoms with van der Waals surface area (Å²) in [6.45, 7) is 0.898. The second kappa shape index (κ2) is 8.09. The maximum absolute atomic E-state index is 11.9. The van der Waals surface area contributed by atoms with Gasteiger partial charge in [0.05, 0.1) is 17.4 Å². The molecule has 2 rings (SSSR count). The first-order chi connectivity index (χ1) is 10.4. The number of nitrogens with zero attached hydrogens (tertiary/aromatic N) is 2. The minimum atomic E-state index is -0.865. The zero-order chi connectivity index (χ0) is 16.3. The Bertz CT molecular complexity index is 626. The first-order valence-electron chi connectivity index (χ1n) is 6.56. The monoisotopic (exact) mass is 363 g/mol. The number of anilines is 1. The minimum absolute atomic E-state index is 0. The van der Waals surface area contributed by atoms with Crippen LogP contribution >= 0.6 is 24.0 Å².